The number of rotatable bonds is 5. The third-order valence-corrected chi connectivity index (χ3v) is 5.83. The van der Waals surface area contributed by atoms with Crippen LogP contribution in [0.15, 0.2) is 65.2 Å². The van der Waals surface area contributed by atoms with Gasteiger partial charge in [-0.25, -0.2) is 4.98 Å². The van der Waals surface area contributed by atoms with E-state index in [2.05, 4.69) is 32.2 Å². The molecule has 2 atom stereocenters. The van der Waals surface area contributed by atoms with Crippen molar-refractivity contribution >= 4 is 17.0 Å². The van der Waals surface area contributed by atoms with E-state index < -0.39 is 0 Å². The third-order valence-electron chi connectivity index (χ3n) is 5.83. The Morgan fingerprint density at radius 1 is 1.10 bits per heavy atom. The Morgan fingerprint density at radius 2 is 1.90 bits per heavy atom. The number of nitrogens with one attached hydrogen (secondary N) is 1. The van der Waals surface area contributed by atoms with Gasteiger partial charge >= 0.3 is 0 Å². The van der Waals surface area contributed by atoms with Gasteiger partial charge in [0.05, 0.1) is 11.7 Å². The molecule has 2 aromatic carbocycles. The van der Waals surface area contributed by atoms with E-state index in [9.17, 15) is 4.79 Å². The lowest BCUT2D eigenvalue weighted by Crippen LogP contribution is -2.32. The second kappa shape index (κ2) is 7.78. The first-order valence-corrected chi connectivity index (χ1v) is 10.5. The van der Waals surface area contributed by atoms with Crippen LogP contribution in [0.5, 0.6) is 0 Å². The second-order valence-corrected chi connectivity index (χ2v) is 7.81. The van der Waals surface area contributed by atoms with Crippen LogP contribution < -0.4 is 5.32 Å². The van der Waals surface area contributed by atoms with E-state index in [1.807, 2.05) is 55.6 Å². The van der Waals surface area contributed by atoms with Gasteiger partial charge in [0.15, 0.2) is 5.58 Å². The topological polar surface area (TPSA) is 73.0 Å². The lowest BCUT2D eigenvalue weighted by atomic mass is 10.1. The predicted molar refractivity (Wildman–Crippen MR) is 116 cm³/mol. The minimum atomic E-state index is 0.121. The fraction of sp³-hybridized carbons (Fsp3) is 0.292. The lowest BCUT2D eigenvalue weighted by Gasteiger charge is -2.16. The zero-order valence-corrected chi connectivity index (χ0v) is 16.9. The summed E-state index contributed by atoms with van der Waals surface area (Å²) < 4.78 is 7.98. The van der Waals surface area contributed by atoms with Crippen LogP contribution in [0, 0.1) is 0 Å². The Balaban J connectivity index is 1.36. The molecule has 30 heavy (non-hydrogen) atoms. The van der Waals surface area contributed by atoms with E-state index in [0.29, 0.717) is 18.4 Å². The summed E-state index contributed by atoms with van der Waals surface area (Å²) >= 11 is 0. The normalized spacial score (nSPS) is 18.7. The van der Waals surface area contributed by atoms with Crippen molar-refractivity contribution in [3.05, 3.63) is 60.8 Å². The number of fused-ring (bicyclic) bond motifs is 1. The quantitative estimate of drug-likeness (QED) is 0.513. The van der Waals surface area contributed by atoms with Gasteiger partial charge in [-0.15, -0.1) is 0 Å². The first-order valence-electron chi connectivity index (χ1n) is 10.5. The number of carbonyl (C=O) groups is 1. The number of benzene rings is 2. The third kappa shape index (κ3) is 3.49. The van der Waals surface area contributed by atoms with Crippen molar-refractivity contribution < 1.29 is 9.21 Å². The van der Waals surface area contributed by atoms with E-state index >= 15 is 0 Å². The first-order chi connectivity index (χ1) is 14.7. The Labute approximate surface area is 174 Å². The van der Waals surface area contributed by atoms with Crippen molar-refractivity contribution in [1.82, 2.24) is 20.1 Å². The molecule has 0 saturated heterocycles. The SMILES string of the molecule is CCC(=O)NC1CCC(n2nccc2-c2ccc(-c3nc4ccccc4o3)cc2)C1. The fourth-order valence-electron chi connectivity index (χ4n) is 4.25. The van der Waals surface area contributed by atoms with Crippen LogP contribution in [0.2, 0.25) is 0 Å². The van der Waals surface area contributed by atoms with Gasteiger partial charge in [0.1, 0.15) is 5.52 Å². The van der Waals surface area contributed by atoms with Gasteiger partial charge in [-0.1, -0.05) is 31.2 Å². The van der Waals surface area contributed by atoms with Crippen molar-refractivity contribution in [2.75, 3.05) is 0 Å². The Bertz CT molecular complexity index is 1140. The summed E-state index contributed by atoms with van der Waals surface area (Å²) in [6, 6.07) is 18.6. The molecule has 0 spiro atoms. The van der Waals surface area contributed by atoms with Gasteiger partial charge in [0.25, 0.3) is 0 Å². The van der Waals surface area contributed by atoms with Gasteiger partial charge in [-0.3, -0.25) is 9.48 Å². The zero-order chi connectivity index (χ0) is 20.5. The average Bonchev–Trinajstić information content (AvgIpc) is 3.52. The van der Waals surface area contributed by atoms with Crippen LogP contribution in [0.1, 0.15) is 38.6 Å². The standard InChI is InChI=1S/C24H24N4O2/c1-2-23(29)26-18-11-12-19(15-18)28-21(13-14-25-28)16-7-9-17(10-8-16)24-27-20-5-3-4-6-22(20)30-24/h3-10,13-14,18-19H,2,11-12,15H2,1H3,(H,26,29). The molecular weight excluding hydrogens is 376 g/mol. The molecule has 5 rings (SSSR count). The molecular formula is C24H24N4O2. The summed E-state index contributed by atoms with van der Waals surface area (Å²) in [5, 5.41) is 7.71. The number of para-hydroxylation sites is 2. The lowest BCUT2D eigenvalue weighted by molar-refractivity contribution is -0.121. The molecule has 0 radical (unpaired) electrons. The van der Waals surface area contributed by atoms with E-state index in [4.69, 9.17) is 4.42 Å². The van der Waals surface area contributed by atoms with Crippen molar-refractivity contribution in [2.45, 2.75) is 44.7 Å². The Kier molecular flexibility index (Phi) is 4.83. The predicted octanol–water partition coefficient (Wildman–Crippen LogP) is 4.98. The summed E-state index contributed by atoms with van der Waals surface area (Å²) in [5.41, 5.74) is 4.80. The Morgan fingerprint density at radius 3 is 2.70 bits per heavy atom. The summed E-state index contributed by atoms with van der Waals surface area (Å²) in [7, 11) is 0. The molecule has 4 aromatic rings. The van der Waals surface area contributed by atoms with Crippen LogP contribution >= 0.6 is 0 Å². The van der Waals surface area contributed by atoms with Crippen molar-refractivity contribution in [3.8, 4) is 22.7 Å². The highest BCUT2D eigenvalue weighted by atomic mass is 16.3. The molecule has 2 aromatic heterocycles. The van der Waals surface area contributed by atoms with Crippen LogP contribution in [0.25, 0.3) is 33.8 Å². The number of aromatic nitrogens is 3. The van der Waals surface area contributed by atoms with Gasteiger partial charge in [-0.05, 0) is 55.2 Å². The molecule has 2 unspecified atom stereocenters. The van der Waals surface area contributed by atoms with E-state index in [-0.39, 0.29) is 11.9 Å². The molecule has 0 bridgehead atoms. The number of oxazole rings is 1. The number of hydrogen-bond acceptors (Lipinski definition) is 4. The highest BCUT2D eigenvalue weighted by Gasteiger charge is 2.28. The molecule has 1 saturated carbocycles. The van der Waals surface area contributed by atoms with Crippen molar-refractivity contribution in [3.63, 3.8) is 0 Å². The summed E-state index contributed by atoms with van der Waals surface area (Å²) in [6.45, 7) is 1.89. The van der Waals surface area contributed by atoms with E-state index in [1.165, 1.54) is 0 Å². The van der Waals surface area contributed by atoms with Gasteiger partial charge < -0.3 is 9.73 Å². The van der Waals surface area contributed by atoms with Gasteiger partial charge in [0.2, 0.25) is 11.8 Å². The minimum absolute atomic E-state index is 0.121. The average molecular weight is 400 g/mol. The molecule has 0 aliphatic heterocycles. The zero-order valence-electron chi connectivity index (χ0n) is 16.9. The van der Waals surface area contributed by atoms with Crippen LogP contribution in [0.3, 0.4) is 0 Å². The monoisotopic (exact) mass is 400 g/mol. The highest BCUT2D eigenvalue weighted by molar-refractivity contribution is 5.77. The molecule has 1 fully saturated rings. The Hall–Kier alpha value is -3.41. The molecule has 1 aliphatic carbocycles. The molecule has 1 amide bonds. The minimum Gasteiger partial charge on any atom is -0.436 e. The number of amides is 1. The van der Waals surface area contributed by atoms with Gasteiger partial charge in [-0.2, -0.15) is 5.10 Å². The largest absolute Gasteiger partial charge is 0.436 e. The fourth-order valence-corrected chi connectivity index (χ4v) is 4.25. The summed E-state index contributed by atoms with van der Waals surface area (Å²) in [6.07, 6.45) is 5.31. The highest BCUT2D eigenvalue weighted by Crippen LogP contribution is 2.34. The van der Waals surface area contributed by atoms with Crippen molar-refractivity contribution in [2.24, 2.45) is 0 Å². The van der Waals surface area contributed by atoms with Crippen molar-refractivity contribution in [1.29, 1.82) is 0 Å². The van der Waals surface area contributed by atoms with E-state index in [1.54, 1.807) is 0 Å². The first kappa shape index (κ1) is 18.6. The molecule has 6 heteroatoms. The molecule has 6 nitrogen and oxygen atoms in total. The van der Waals surface area contributed by atoms with Crippen LogP contribution in [-0.4, -0.2) is 26.7 Å². The summed E-state index contributed by atoms with van der Waals surface area (Å²) in [4.78, 5) is 16.3. The van der Waals surface area contributed by atoms with Gasteiger partial charge in [0, 0.05) is 24.2 Å². The number of hydrogen-bond donors (Lipinski definition) is 1. The maximum absolute atomic E-state index is 11.7. The van der Waals surface area contributed by atoms with Crippen LogP contribution in [0.4, 0.5) is 0 Å². The van der Waals surface area contributed by atoms with E-state index in [0.717, 1.165) is 47.2 Å². The molecule has 152 valence electrons. The second-order valence-electron chi connectivity index (χ2n) is 7.81. The van der Waals surface area contributed by atoms with Crippen LogP contribution in [-0.2, 0) is 4.79 Å². The number of nitrogens with zero attached hydrogens (tertiary/aromatic N) is 3. The number of carbonyl (C=O) groups excluding carboxylic acids is 1. The maximum atomic E-state index is 11.7. The smallest absolute Gasteiger partial charge is 0.227 e. The summed E-state index contributed by atoms with van der Waals surface area (Å²) in [5.74, 6) is 0.748. The maximum Gasteiger partial charge on any atom is 0.227 e. The molecule has 1 aliphatic rings. The molecule has 2 heterocycles. The molecule has 1 N–H and O–H groups in total.